The molecule has 0 atom stereocenters. The Morgan fingerprint density at radius 3 is 2.53 bits per heavy atom. The summed E-state index contributed by atoms with van der Waals surface area (Å²) in [6, 6.07) is 8.31. The Morgan fingerprint density at radius 2 is 1.94 bits per heavy atom. The Labute approximate surface area is 99.1 Å². The molecule has 1 saturated carbocycles. The Morgan fingerprint density at radius 1 is 1.24 bits per heavy atom. The maximum absolute atomic E-state index is 12.8. The number of rotatable bonds is 3. The third kappa shape index (κ3) is 1.74. The summed E-state index contributed by atoms with van der Waals surface area (Å²) in [6.07, 6.45) is 4.13. The Hall–Kier alpha value is -1.68. The van der Waals surface area contributed by atoms with Crippen molar-refractivity contribution in [2.75, 3.05) is 6.54 Å². The minimum absolute atomic E-state index is 0.102. The Bertz CT molecular complexity index is 526. The molecule has 3 nitrogen and oxygen atoms in total. The van der Waals surface area contributed by atoms with Gasteiger partial charge in [0.25, 0.3) is 0 Å². The highest BCUT2D eigenvalue weighted by atomic mass is 19.1. The first-order chi connectivity index (χ1) is 8.23. The zero-order valence-corrected chi connectivity index (χ0v) is 9.44. The molecule has 88 valence electrons. The van der Waals surface area contributed by atoms with Crippen molar-refractivity contribution in [2.24, 2.45) is 5.73 Å². The molecule has 0 unspecified atom stereocenters. The highest BCUT2D eigenvalue weighted by Crippen LogP contribution is 2.46. The fourth-order valence-electron chi connectivity index (χ4n) is 2.06. The first kappa shape index (κ1) is 10.5. The van der Waals surface area contributed by atoms with Crippen molar-refractivity contribution in [3.8, 4) is 5.69 Å². The zero-order valence-electron chi connectivity index (χ0n) is 9.44. The van der Waals surface area contributed by atoms with Crippen LogP contribution in [0.4, 0.5) is 4.39 Å². The molecule has 1 aromatic heterocycles. The van der Waals surface area contributed by atoms with Gasteiger partial charge in [0.15, 0.2) is 0 Å². The Kier molecular flexibility index (Phi) is 2.26. The lowest BCUT2D eigenvalue weighted by atomic mass is 10.0. The van der Waals surface area contributed by atoms with Crippen molar-refractivity contribution in [2.45, 2.75) is 18.3 Å². The predicted octanol–water partition coefficient (Wildman–Crippen LogP) is 2.00. The van der Waals surface area contributed by atoms with Crippen LogP contribution in [0.3, 0.4) is 0 Å². The minimum Gasteiger partial charge on any atom is -0.330 e. The fraction of sp³-hybridized carbons (Fsp3) is 0.308. The number of hydrogen-bond donors (Lipinski definition) is 1. The summed E-state index contributed by atoms with van der Waals surface area (Å²) in [7, 11) is 0. The average molecular weight is 231 g/mol. The third-order valence-corrected chi connectivity index (χ3v) is 3.47. The second-order valence-corrected chi connectivity index (χ2v) is 4.61. The van der Waals surface area contributed by atoms with Crippen molar-refractivity contribution < 1.29 is 4.39 Å². The summed E-state index contributed by atoms with van der Waals surface area (Å²) in [6.45, 7) is 0.646. The molecule has 1 aliphatic rings. The molecule has 2 aromatic rings. The van der Waals surface area contributed by atoms with E-state index in [-0.39, 0.29) is 11.2 Å². The van der Waals surface area contributed by atoms with E-state index < -0.39 is 0 Å². The molecule has 2 N–H and O–H groups in total. The topological polar surface area (TPSA) is 43.8 Å². The van der Waals surface area contributed by atoms with Crippen molar-refractivity contribution in [1.82, 2.24) is 9.78 Å². The highest BCUT2D eigenvalue weighted by Gasteiger charge is 2.44. The summed E-state index contributed by atoms with van der Waals surface area (Å²) >= 11 is 0. The molecule has 3 rings (SSSR count). The van der Waals surface area contributed by atoms with E-state index in [4.69, 9.17) is 5.73 Å². The number of hydrogen-bond acceptors (Lipinski definition) is 2. The van der Waals surface area contributed by atoms with Gasteiger partial charge < -0.3 is 5.73 Å². The molecule has 1 aromatic carbocycles. The molecule has 0 amide bonds. The molecule has 17 heavy (non-hydrogen) atoms. The van der Waals surface area contributed by atoms with Gasteiger partial charge in [-0.25, -0.2) is 9.07 Å². The number of nitrogens with two attached hydrogens (primary N) is 1. The van der Waals surface area contributed by atoms with Crippen LogP contribution < -0.4 is 5.73 Å². The predicted molar refractivity (Wildman–Crippen MR) is 63.5 cm³/mol. The van der Waals surface area contributed by atoms with Crippen LogP contribution in [-0.2, 0) is 5.41 Å². The Balaban J connectivity index is 1.92. The summed E-state index contributed by atoms with van der Waals surface area (Å²) in [4.78, 5) is 0. The second-order valence-electron chi connectivity index (χ2n) is 4.61. The lowest BCUT2D eigenvalue weighted by Gasteiger charge is -2.07. The van der Waals surface area contributed by atoms with Crippen LogP contribution in [0.5, 0.6) is 0 Å². The minimum atomic E-state index is -0.234. The number of nitrogens with zero attached hydrogens (tertiary/aromatic N) is 2. The van der Waals surface area contributed by atoms with Crippen LogP contribution >= 0.6 is 0 Å². The van der Waals surface area contributed by atoms with Crippen molar-refractivity contribution in [3.63, 3.8) is 0 Å². The van der Waals surface area contributed by atoms with Gasteiger partial charge in [-0.2, -0.15) is 5.10 Å². The number of benzene rings is 1. The maximum Gasteiger partial charge on any atom is 0.123 e. The largest absolute Gasteiger partial charge is 0.330 e. The quantitative estimate of drug-likeness (QED) is 0.878. The van der Waals surface area contributed by atoms with Crippen molar-refractivity contribution >= 4 is 0 Å². The van der Waals surface area contributed by atoms with Crippen LogP contribution in [0.2, 0.25) is 0 Å². The third-order valence-electron chi connectivity index (χ3n) is 3.47. The van der Waals surface area contributed by atoms with Crippen molar-refractivity contribution in [1.29, 1.82) is 0 Å². The smallest absolute Gasteiger partial charge is 0.123 e. The van der Waals surface area contributed by atoms with Gasteiger partial charge >= 0.3 is 0 Å². The van der Waals surface area contributed by atoms with Gasteiger partial charge in [0.1, 0.15) is 5.82 Å². The molecule has 0 aliphatic heterocycles. The summed E-state index contributed by atoms with van der Waals surface area (Å²) in [5, 5.41) is 4.53. The second kappa shape index (κ2) is 3.67. The molecule has 0 saturated heterocycles. The number of aromatic nitrogens is 2. The lowest BCUT2D eigenvalue weighted by molar-refractivity contribution is 0.626. The molecule has 1 heterocycles. The average Bonchev–Trinajstić information content (AvgIpc) is 3.00. The van der Waals surface area contributed by atoms with Gasteiger partial charge in [-0.3, -0.25) is 0 Å². The molecule has 0 radical (unpaired) electrons. The first-order valence-corrected chi connectivity index (χ1v) is 5.76. The lowest BCUT2D eigenvalue weighted by Crippen LogP contribution is -2.20. The molecule has 1 fully saturated rings. The summed E-state index contributed by atoms with van der Waals surface area (Å²) < 4.78 is 14.6. The van der Waals surface area contributed by atoms with E-state index in [9.17, 15) is 4.39 Å². The highest BCUT2D eigenvalue weighted by molar-refractivity contribution is 5.33. The molecular formula is C13H14FN3. The van der Waals surface area contributed by atoms with Gasteiger partial charge in [0.05, 0.1) is 11.4 Å². The maximum atomic E-state index is 12.8. The van der Waals surface area contributed by atoms with Gasteiger partial charge in [0, 0.05) is 18.2 Å². The molecular weight excluding hydrogens is 217 g/mol. The van der Waals surface area contributed by atoms with E-state index in [1.807, 2.05) is 12.3 Å². The number of halogens is 1. The summed E-state index contributed by atoms with van der Waals surface area (Å²) in [5.41, 5.74) is 7.78. The van der Waals surface area contributed by atoms with Crippen LogP contribution in [0.25, 0.3) is 5.69 Å². The van der Waals surface area contributed by atoms with Gasteiger partial charge in [-0.1, -0.05) is 0 Å². The SMILES string of the molecule is NCC1(c2ccn(-c3ccc(F)cc3)n2)CC1. The van der Waals surface area contributed by atoms with E-state index >= 15 is 0 Å². The normalized spacial score (nSPS) is 17.1. The van der Waals surface area contributed by atoms with Gasteiger partial charge in [-0.15, -0.1) is 0 Å². The van der Waals surface area contributed by atoms with Gasteiger partial charge in [0.2, 0.25) is 0 Å². The standard InChI is InChI=1S/C13H14FN3/c14-10-1-3-11(4-2-10)17-8-5-12(16-17)13(9-15)6-7-13/h1-5,8H,6-7,9,15H2. The molecule has 1 aliphatic carbocycles. The fourth-order valence-corrected chi connectivity index (χ4v) is 2.06. The van der Waals surface area contributed by atoms with Crippen molar-refractivity contribution in [3.05, 3.63) is 48.0 Å². The van der Waals surface area contributed by atoms with Crippen LogP contribution in [0.15, 0.2) is 36.5 Å². The van der Waals surface area contributed by atoms with E-state index in [0.717, 1.165) is 24.2 Å². The molecule has 0 spiro atoms. The van der Waals surface area contributed by atoms with Crippen LogP contribution in [0.1, 0.15) is 18.5 Å². The van der Waals surface area contributed by atoms with Crippen LogP contribution in [-0.4, -0.2) is 16.3 Å². The van der Waals surface area contributed by atoms with E-state index in [2.05, 4.69) is 5.10 Å². The van der Waals surface area contributed by atoms with E-state index in [1.54, 1.807) is 16.8 Å². The molecule has 0 bridgehead atoms. The zero-order chi connectivity index (χ0) is 11.9. The van der Waals surface area contributed by atoms with E-state index in [0.29, 0.717) is 6.54 Å². The van der Waals surface area contributed by atoms with Crippen LogP contribution in [0, 0.1) is 5.82 Å². The van der Waals surface area contributed by atoms with E-state index in [1.165, 1.54) is 12.1 Å². The monoisotopic (exact) mass is 231 g/mol. The van der Waals surface area contributed by atoms with Gasteiger partial charge in [-0.05, 0) is 43.2 Å². The summed E-state index contributed by atoms with van der Waals surface area (Å²) in [5.74, 6) is -0.234. The first-order valence-electron chi connectivity index (χ1n) is 5.76. The molecule has 4 heteroatoms.